The molecule has 4 rings (SSSR count). The summed E-state index contributed by atoms with van der Waals surface area (Å²) in [6.45, 7) is 6.94. The third-order valence-electron chi connectivity index (χ3n) is 4.07. The van der Waals surface area contributed by atoms with Crippen molar-refractivity contribution in [3.63, 3.8) is 0 Å². The van der Waals surface area contributed by atoms with Gasteiger partial charge in [0.15, 0.2) is 16.3 Å². The Morgan fingerprint density at radius 1 is 1.36 bits per heavy atom. The largest absolute Gasteiger partial charge is 0.454 e. The highest BCUT2D eigenvalue weighted by atomic mass is 32.1. The van der Waals surface area contributed by atoms with Gasteiger partial charge in [-0.2, -0.15) is 10.1 Å². The smallest absolute Gasteiger partial charge is 0.297 e. The summed E-state index contributed by atoms with van der Waals surface area (Å²) < 4.78 is 15.6. The quantitative estimate of drug-likeness (QED) is 0.722. The van der Waals surface area contributed by atoms with Gasteiger partial charge in [-0.1, -0.05) is 11.3 Å². The Labute approximate surface area is 148 Å². The summed E-state index contributed by atoms with van der Waals surface area (Å²) in [5.74, 6) is 1.16. The van der Waals surface area contributed by atoms with Crippen LogP contribution in [0.4, 0.5) is 0 Å². The minimum atomic E-state index is -0.292. The van der Waals surface area contributed by atoms with Crippen LogP contribution >= 0.6 is 11.3 Å². The topological polar surface area (TPSA) is 70.6 Å². The van der Waals surface area contributed by atoms with Gasteiger partial charge in [0.2, 0.25) is 6.79 Å². The second-order valence-electron chi connectivity index (χ2n) is 5.97. The molecule has 1 aromatic carbocycles. The highest BCUT2D eigenvalue weighted by Gasteiger charge is 2.18. The standard InChI is InChI=1S/C17H18N4O3S/c1-4-20-12-7-13-14(24-9-23-13)8-15(12)25-17(20)19-16(22)11-5-6-18-21(11)10(2)3/h5-8,10H,4,9H2,1-3H3. The van der Waals surface area contributed by atoms with Crippen molar-refractivity contribution in [3.05, 3.63) is 34.9 Å². The average Bonchev–Trinajstić information content (AvgIpc) is 3.29. The Kier molecular flexibility index (Phi) is 3.84. The van der Waals surface area contributed by atoms with Crippen LogP contribution in [0.3, 0.4) is 0 Å². The molecule has 0 radical (unpaired) electrons. The Morgan fingerprint density at radius 2 is 2.12 bits per heavy atom. The van der Waals surface area contributed by atoms with Crippen molar-refractivity contribution < 1.29 is 14.3 Å². The summed E-state index contributed by atoms with van der Waals surface area (Å²) in [5.41, 5.74) is 1.48. The minimum absolute atomic E-state index is 0.0992. The van der Waals surface area contributed by atoms with E-state index in [9.17, 15) is 4.79 Å². The first-order valence-electron chi connectivity index (χ1n) is 8.14. The highest BCUT2D eigenvalue weighted by Crippen LogP contribution is 2.36. The van der Waals surface area contributed by atoms with E-state index in [2.05, 4.69) is 10.1 Å². The maximum atomic E-state index is 12.7. The lowest BCUT2D eigenvalue weighted by atomic mass is 10.3. The molecule has 0 saturated carbocycles. The predicted octanol–water partition coefficient (Wildman–Crippen LogP) is 2.97. The fraction of sp³-hybridized carbons (Fsp3) is 0.353. The minimum Gasteiger partial charge on any atom is -0.454 e. The third-order valence-corrected chi connectivity index (χ3v) is 5.11. The molecule has 0 aliphatic carbocycles. The number of fused-ring (bicyclic) bond motifs is 2. The molecule has 1 aliphatic rings. The molecule has 2 aromatic heterocycles. The summed E-state index contributed by atoms with van der Waals surface area (Å²) >= 11 is 1.46. The van der Waals surface area contributed by atoms with Crippen LogP contribution in [-0.2, 0) is 6.54 Å². The van der Waals surface area contributed by atoms with Gasteiger partial charge in [-0.15, -0.1) is 0 Å². The molecule has 0 bridgehead atoms. The lowest BCUT2D eigenvalue weighted by Gasteiger charge is -2.07. The van der Waals surface area contributed by atoms with Crippen LogP contribution in [0, 0.1) is 0 Å². The van der Waals surface area contributed by atoms with Crippen LogP contribution in [0.1, 0.15) is 37.3 Å². The Balaban J connectivity index is 1.84. The number of benzene rings is 1. The molecule has 8 heteroatoms. The summed E-state index contributed by atoms with van der Waals surface area (Å²) in [6, 6.07) is 5.68. The van der Waals surface area contributed by atoms with Gasteiger partial charge in [0.05, 0.1) is 10.2 Å². The average molecular weight is 358 g/mol. The van der Waals surface area contributed by atoms with Crippen LogP contribution in [0.2, 0.25) is 0 Å². The second kappa shape index (κ2) is 6.03. The van der Waals surface area contributed by atoms with E-state index in [1.165, 1.54) is 11.3 Å². The number of nitrogens with zero attached hydrogens (tertiary/aromatic N) is 4. The first-order chi connectivity index (χ1) is 12.1. The Morgan fingerprint density at radius 3 is 2.84 bits per heavy atom. The van der Waals surface area contributed by atoms with Crippen LogP contribution in [0.25, 0.3) is 10.2 Å². The fourth-order valence-corrected chi connectivity index (χ4v) is 3.99. The van der Waals surface area contributed by atoms with Crippen molar-refractivity contribution in [2.75, 3.05) is 6.79 Å². The van der Waals surface area contributed by atoms with Gasteiger partial charge < -0.3 is 14.0 Å². The van der Waals surface area contributed by atoms with Crippen molar-refractivity contribution in [2.24, 2.45) is 4.99 Å². The number of amides is 1. The van der Waals surface area contributed by atoms with E-state index < -0.39 is 0 Å². The van der Waals surface area contributed by atoms with Gasteiger partial charge in [0.1, 0.15) is 5.69 Å². The molecule has 0 unspecified atom stereocenters. The number of aryl methyl sites for hydroxylation is 1. The second-order valence-corrected chi connectivity index (χ2v) is 6.98. The molecule has 0 atom stereocenters. The van der Waals surface area contributed by atoms with E-state index in [4.69, 9.17) is 9.47 Å². The van der Waals surface area contributed by atoms with E-state index in [1.807, 2.05) is 37.5 Å². The van der Waals surface area contributed by atoms with E-state index in [0.29, 0.717) is 17.0 Å². The van der Waals surface area contributed by atoms with Crippen molar-refractivity contribution in [2.45, 2.75) is 33.4 Å². The van der Waals surface area contributed by atoms with Crippen molar-refractivity contribution >= 4 is 27.5 Å². The number of carbonyl (C=O) groups is 1. The van der Waals surface area contributed by atoms with Crippen LogP contribution in [0.15, 0.2) is 29.4 Å². The molecule has 0 N–H and O–H groups in total. The molecule has 1 aliphatic heterocycles. The molecule has 3 heterocycles. The molecule has 130 valence electrons. The van der Waals surface area contributed by atoms with Crippen LogP contribution in [0.5, 0.6) is 11.5 Å². The van der Waals surface area contributed by atoms with E-state index in [0.717, 1.165) is 21.7 Å². The summed E-state index contributed by atoms with van der Waals surface area (Å²) in [4.78, 5) is 17.7. The molecule has 0 saturated heterocycles. The van der Waals surface area contributed by atoms with Gasteiger partial charge in [0.25, 0.3) is 5.91 Å². The number of aromatic nitrogens is 3. The number of hydrogen-bond donors (Lipinski definition) is 0. The number of thiazole rings is 1. The van der Waals surface area contributed by atoms with E-state index in [1.54, 1.807) is 16.9 Å². The third kappa shape index (κ3) is 2.62. The Hall–Kier alpha value is -2.61. The molecule has 0 fully saturated rings. The zero-order valence-corrected chi connectivity index (χ0v) is 15.0. The van der Waals surface area contributed by atoms with Crippen LogP contribution < -0.4 is 14.3 Å². The summed E-state index contributed by atoms with van der Waals surface area (Å²) in [7, 11) is 0. The van der Waals surface area contributed by atoms with Gasteiger partial charge in [0, 0.05) is 30.9 Å². The monoisotopic (exact) mass is 358 g/mol. The van der Waals surface area contributed by atoms with E-state index >= 15 is 0 Å². The number of carbonyl (C=O) groups excluding carboxylic acids is 1. The van der Waals surface area contributed by atoms with Crippen molar-refractivity contribution in [1.29, 1.82) is 0 Å². The zero-order valence-electron chi connectivity index (χ0n) is 14.2. The molecule has 7 nitrogen and oxygen atoms in total. The van der Waals surface area contributed by atoms with E-state index in [-0.39, 0.29) is 18.7 Å². The molecular weight excluding hydrogens is 340 g/mol. The van der Waals surface area contributed by atoms with Crippen molar-refractivity contribution in [3.8, 4) is 11.5 Å². The van der Waals surface area contributed by atoms with Gasteiger partial charge in [-0.05, 0) is 26.8 Å². The zero-order chi connectivity index (χ0) is 17.6. The van der Waals surface area contributed by atoms with Crippen molar-refractivity contribution in [1.82, 2.24) is 14.3 Å². The maximum absolute atomic E-state index is 12.7. The summed E-state index contributed by atoms with van der Waals surface area (Å²) in [5, 5.41) is 4.20. The van der Waals surface area contributed by atoms with Gasteiger partial charge in [-0.3, -0.25) is 9.48 Å². The Bertz CT molecular complexity index is 1030. The number of rotatable bonds is 3. The molecule has 25 heavy (non-hydrogen) atoms. The lowest BCUT2D eigenvalue weighted by Crippen LogP contribution is -2.18. The normalized spacial score (nSPS) is 14.0. The van der Waals surface area contributed by atoms with Gasteiger partial charge in [-0.25, -0.2) is 0 Å². The molecule has 1 amide bonds. The molecule has 0 spiro atoms. The molecular formula is C17H18N4O3S. The summed E-state index contributed by atoms with van der Waals surface area (Å²) in [6.07, 6.45) is 1.63. The van der Waals surface area contributed by atoms with Gasteiger partial charge >= 0.3 is 0 Å². The maximum Gasteiger partial charge on any atom is 0.297 e. The lowest BCUT2D eigenvalue weighted by molar-refractivity contribution is 0.0985. The van der Waals surface area contributed by atoms with Crippen LogP contribution in [-0.4, -0.2) is 27.0 Å². The first-order valence-corrected chi connectivity index (χ1v) is 8.95. The SMILES string of the molecule is CCn1c(=NC(=O)c2ccnn2C(C)C)sc2cc3c(cc21)OCO3. The first kappa shape index (κ1) is 15.9. The fourth-order valence-electron chi connectivity index (χ4n) is 2.89. The highest BCUT2D eigenvalue weighted by molar-refractivity contribution is 7.16. The molecule has 3 aromatic rings. The number of hydrogen-bond acceptors (Lipinski definition) is 5. The predicted molar refractivity (Wildman–Crippen MR) is 94.1 cm³/mol. The number of ether oxygens (including phenoxy) is 2.